The van der Waals surface area contributed by atoms with Gasteiger partial charge in [-0.1, -0.05) is 32.9 Å². The zero-order valence-corrected chi connectivity index (χ0v) is 13.2. The molecule has 4 heteroatoms. The molecule has 0 radical (unpaired) electrons. The fourth-order valence-electron chi connectivity index (χ4n) is 2.15. The molecule has 1 atom stereocenters. The first-order valence-corrected chi connectivity index (χ1v) is 7.37. The summed E-state index contributed by atoms with van der Waals surface area (Å²) in [6.45, 7) is 8.99. The highest BCUT2D eigenvalue weighted by molar-refractivity contribution is 6.20. The van der Waals surface area contributed by atoms with Crippen LogP contribution >= 0.6 is 11.6 Å². The fraction of sp³-hybridized carbons (Fsp3) is 0.500. The number of benzene rings is 1. The van der Waals surface area contributed by atoms with E-state index in [9.17, 15) is 4.79 Å². The van der Waals surface area contributed by atoms with Gasteiger partial charge in [0.1, 0.15) is 5.82 Å². The third-order valence-corrected chi connectivity index (χ3v) is 3.53. The number of fused-ring (bicyclic) bond motifs is 1. The molecule has 0 aliphatic rings. The first-order chi connectivity index (χ1) is 9.29. The van der Waals surface area contributed by atoms with E-state index in [1.807, 2.05) is 31.2 Å². The zero-order chi connectivity index (χ0) is 14.9. The van der Waals surface area contributed by atoms with Gasteiger partial charge in [0, 0.05) is 6.54 Å². The van der Waals surface area contributed by atoms with Gasteiger partial charge < -0.3 is 0 Å². The Morgan fingerprint density at radius 2 is 1.95 bits per heavy atom. The van der Waals surface area contributed by atoms with Crippen molar-refractivity contribution in [3.05, 3.63) is 40.4 Å². The quantitative estimate of drug-likeness (QED) is 0.797. The summed E-state index contributed by atoms with van der Waals surface area (Å²) in [5.74, 6) is 0.652. The molecule has 0 saturated heterocycles. The molecule has 0 aliphatic carbocycles. The highest BCUT2D eigenvalue weighted by atomic mass is 35.5. The van der Waals surface area contributed by atoms with E-state index in [4.69, 9.17) is 11.6 Å². The molecule has 1 heterocycles. The summed E-state index contributed by atoms with van der Waals surface area (Å²) in [6.07, 6.45) is 0.906. The molecule has 0 saturated carbocycles. The van der Waals surface area contributed by atoms with Gasteiger partial charge in [0.05, 0.1) is 16.3 Å². The summed E-state index contributed by atoms with van der Waals surface area (Å²) in [5, 5.41) is 0.370. The third kappa shape index (κ3) is 3.21. The lowest BCUT2D eigenvalue weighted by Gasteiger charge is -2.21. The number of alkyl halides is 1. The second kappa shape index (κ2) is 5.57. The average Bonchev–Trinajstić information content (AvgIpc) is 2.36. The Balaban J connectivity index is 2.58. The molecular weight excluding hydrogens is 272 g/mol. The summed E-state index contributed by atoms with van der Waals surface area (Å²) in [5.41, 5.74) is 0.882. The van der Waals surface area contributed by atoms with Crippen LogP contribution in [0.25, 0.3) is 10.9 Å². The van der Waals surface area contributed by atoms with E-state index in [0.717, 1.165) is 6.42 Å². The molecule has 0 spiro atoms. The summed E-state index contributed by atoms with van der Waals surface area (Å²) in [6, 6.07) is 7.43. The second-order valence-corrected chi connectivity index (χ2v) is 7.03. The van der Waals surface area contributed by atoms with Gasteiger partial charge >= 0.3 is 0 Å². The van der Waals surface area contributed by atoms with E-state index in [2.05, 4.69) is 25.8 Å². The predicted octanol–water partition coefficient (Wildman–Crippen LogP) is 4.13. The molecule has 2 aromatic rings. The summed E-state index contributed by atoms with van der Waals surface area (Å²) in [4.78, 5) is 17.2. The van der Waals surface area contributed by atoms with Crippen molar-refractivity contribution in [1.82, 2.24) is 9.55 Å². The normalized spacial score (nSPS) is 13.7. The van der Waals surface area contributed by atoms with Gasteiger partial charge in [-0.25, -0.2) is 4.98 Å². The molecular formula is C16H21ClN2O. The zero-order valence-electron chi connectivity index (χ0n) is 12.5. The van der Waals surface area contributed by atoms with E-state index in [-0.39, 0.29) is 16.4 Å². The number of hydrogen-bond donors (Lipinski definition) is 0. The van der Waals surface area contributed by atoms with Crippen LogP contribution in [0, 0.1) is 5.41 Å². The SMILES string of the molecule is CC(Cl)c1nc2ccccc2c(=O)n1CCC(C)(C)C. The van der Waals surface area contributed by atoms with Crippen LogP contribution in [-0.4, -0.2) is 9.55 Å². The monoisotopic (exact) mass is 292 g/mol. The van der Waals surface area contributed by atoms with Crippen molar-refractivity contribution in [2.45, 2.75) is 46.0 Å². The van der Waals surface area contributed by atoms with Crippen LogP contribution in [0.3, 0.4) is 0 Å². The Labute approximate surface area is 124 Å². The maximum Gasteiger partial charge on any atom is 0.261 e. The van der Waals surface area contributed by atoms with Crippen LogP contribution in [0.5, 0.6) is 0 Å². The van der Waals surface area contributed by atoms with Crippen molar-refractivity contribution in [1.29, 1.82) is 0 Å². The van der Waals surface area contributed by atoms with Crippen LogP contribution in [0.4, 0.5) is 0 Å². The van der Waals surface area contributed by atoms with Crippen molar-refractivity contribution >= 4 is 22.5 Å². The van der Waals surface area contributed by atoms with E-state index >= 15 is 0 Å². The Hall–Kier alpha value is -1.35. The van der Waals surface area contributed by atoms with Crippen LogP contribution in [0.15, 0.2) is 29.1 Å². The summed E-state index contributed by atoms with van der Waals surface area (Å²) < 4.78 is 1.73. The smallest absolute Gasteiger partial charge is 0.261 e. The van der Waals surface area contributed by atoms with Crippen LogP contribution in [0.2, 0.25) is 0 Å². The molecule has 1 aromatic heterocycles. The lowest BCUT2D eigenvalue weighted by molar-refractivity contribution is 0.344. The predicted molar refractivity (Wildman–Crippen MR) is 84.3 cm³/mol. The molecule has 108 valence electrons. The van der Waals surface area contributed by atoms with Gasteiger partial charge in [0.25, 0.3) is 5.56 Å². The molecule has 0 aliphatic heterocycles. The number of aromatic nitrogens is 2. The molecule has 0 bridgehead atoms. The minimum atomic E-state index is -0.285. The topological polar surface area (TPSA) is 34.9 Å². The van der Waals surface area contributed by atoms with E-state index < -0.39 is 0 Å². The first kappa shape index (κ1) is 15.0. The molecule has 0 fully saturated rings. The Morgan fingerprint density at radius 1 is 1.30 bits per heavy atom. The third-order valence-electron chi connectivity index (χ3n) is 3.33. The molecule has 0 amide bonds. The highest BCUT2D eigenvalue weighted by Gasteiger charge is 2.17. The minimum absolute atomic E-state index is 0.00218. The number of para-hydroxylation sites is 1. The molecule has 1 aromatic carbocycles. The second-order valence-electron chi connectivity index (χ2n) is 6.37. The van der Waals surface area contributed by atoms with Crippen LogP contribution in [-0.2, 0) is 6.54 Å². The lowest BCUT2D eigenvalue weighted by atomic mass is 9.92. The minimum Gasteiger partial charge on any atom is -0.295 e. The summed E-state index contributed by atoms with van der Waals surface area (Å²) in [7, 11) is 0. The maximum atomic E-state index is 12.6. The molecule has 1 unspecified atom stereocenters. The number of nitrogens with zero attached hydrogens (tertiary/aromatic N) is 2. The molecule has 20 heavy (non-hydrogen) atoms. The van der Waals surface area contributed by atoms with E-state index in [1.165, 1.54) is 0 Å². The van der Waals surface area contributed by atoms with Gasteiger partial charge in [-0.3, -0.25) is 9.36 Å². The van der Waals surface area contributed by atoms with Gasteiger partial charge in [-0.05, 0) is 30.9 Å². The van der Waals surface area contributed by atoms with Crippen LogP contribution < -0.4 is 5.56 Å². The van der Waals surface area contributed by atoms with Gasteiger partial charge in [-0.2, -0.15) is 0 Å². The average molecular weight is 293 g/mol. The molecule has 2 rings (SSSR count). The first-order valence-electron chi connectivity index (χ1n) is 6.93. The number of rotatable bonds is 3. The lowest BCUT2D eigenvalue weighted by Crippen LogP contribution is -2.27. The van der Waals surface area contributed by atoms with Gasteiger partial charge in [-0.15, -0.1) is 11.6 Å². The van der Waals surface area contributed by atoms with Crippen molar-refractivity contribution in [3.8, 4) is 0 Å². The molecule has 0 N–H and O–H groups in total. The van der Waals surface area contributed by atoms with Gasteiger partial charge in [0.15, 0.2) is 0 Å². The van der Waals surface area contributed by atoms with Crippen molar-refractivity contribution in [2.24, 2.45) is 5.41 Å². The van der Waals surface area contributed by atoms with Crippen molar-refractivity contribution < 1.29 is 0 Å². The summed E-state index contributed by atoms with van der Waals surface area (Å²) >= 11 is 6.21. The number of halogens is 1. The highest BCUT2D eigenvalue weighted by Crippen LogP contribution is 2.23. The largest absolute Gasteiger partial charge is 0.295 e. The molecule has 3 nitrogen and oxygen atoms in total. The fourth-order valence-corrected chi connectivity index (χ4v) is 2.32. The van der Waals surface area contributed by atoms with E-state index in [0.29, 0.717) is 23.3 Å². The van der Waals surface area contributed by atoms with E-state index in [1.54, 1.807) is 4.57 Å². The number of hydrogen-bond acceptors (Lipinski definition) is 2. The van der Waals surface area contributed by atoms with Gasteiger partial charge in [0.2, 0.25) is 0 Å². The maximum absolute atomic E-state index is 12.6. The van der Waals surface area contributed by atoms with Crippen molar-refractivity contribution in [3.63, 3.8) is 0 Å². The Kier molecular flexibility index (Phi) is 4.19. The Morgan fingerprint density at radius 3 is 2.55 bits per heavy atom. The standard InChI is InChI=1S/C16H21ClN2O/c1-11(17)14-18-13-8-6-5-7-12(13)15(20)19(14)10-9-16(2,3)4/h5-8,11H,9-10H2,1-4H3. The van der Waals surface area contributed by atoms with Crippen LogP contribution in [0.1, 0.15) is 45.3 Å². The van der Waals surface area contributed by atoms with Crippen molar-refractivity contribution in [2.75, 3.05) is 0 Å². The Bertz CT molecular complexity index is 668.